The van der Waals surface area contributed by atoms with E-state index in [9.17, 15) is 9.18 Å². The summed E-state index contributed by atoms with van der Waals surface area (Å²) in [6, 6.07) is 6.46. The van der Waals surface area contributed by atoms with Crippen molar-refractivity contribution in [2.24, 2.45) is 18.9 Å². The van der Waals surface area contributed by atoms with Gasteiger partial charge in [-0.25, -0.2) is 19.3 Å². The zero-order valence-corrected chi connectivity index (χ0v) is 18.4. The molecule has 2 unspecified atom stereocenters. The SMILES string of the molecule is Cn1cnc(C2CC3CC(Nc4ccncn4)CC3C2)c1C(=O)Nc1ccc(F)c(Cl)c1. The molecular weight excluding hydrogens is 431 g/mol. The summed E-state index contributed by atoms with van der Waals surface area (Å²) < 4.78 is 15.2. The van der Waals surface area contributed by atoms with E-state index in [0.29, 0.717) is 29.3 Å². The molecule has 0 spiro atoms. The average Bonchev–Trinajstić information content (AvgIpc) is 3.44. The molecule has 1 aromatic carbocycles. The van der Waals surface area contributed by atoms with Crippen molar-refractivity contribution in [2.75, 3.05) is 10.6 Å². The van der Waals surface area contributed by atoms with Crippen LogP contribution in [-0.2, 0) is 7.05 Å². The van der Waals surface area contributed by atoms with E-state index >= 15 is 0 Å². The number of nitrogens with one attached hydrogen (secondary N) is 2. The fourth-order valence-electron chi connectivity index (χ4n) is 5.33. The van der Waals surface area contributed by atoms with Gasteiger partial charge in [-0.15, -0.1) is 0 Å². The standard InChI is InChI=1S/C23H24ClFN6O/c1-31-12-28-21(22(31)23(32)30-16-2-3-19(25)18(24)10-16)15-6-13-8-17(9-14(13)7-15)29-20-4-5-26-11-27-20/h2-5,10-15,17H,6-9H2,1H3,(H,30,32)(H,26,27,29). The Balaban J connectivity index is 1.26. The number of imidazole rings is 1. The molecule has 2 heterocycles. The Morgan fingerprint density at radius 3 is 2.62 bits per heavy atom. The highest BCUT2D eigenvalue weighted by atomic mass is 35.5. The van der Waals surface area contributed by atoms with Crippen LogP contribution in [0.5, 0.6) is 0 Å². The first-order valence-electron chi connectivity index (χ1n) is 10.8. The first-order valence-corrected chi connectivity index (χ1v) is 11.2. The van der Waals surface area contributed by atoms with Gasteiger partial charge in [-0.3, -0.25) is 4.79 Å². The molecule has 9 heteroatoms. The predicted octanol–water partition coefficient (Wildman–Crippen LogP) is 4.64. The second-order valence-corrected chi connectivity index (χ2v) is 9.18. The lowest BCUT2D eigenvalue weighted by molar-refractivity contribution is 0.101. The minimum Gasteiger partial charge on any atom is -0.367 e. The molecule has 0 saturated heterocycles. The average molecular weight is 455 g/mol. The number of amides is 1. The van der Waals surface area contributed by atoms with E-state index in [2.05, 4.69) is 25.6 Å². The lowest BCUT2D eigenvalue weighted by Gasteiger charge is -2.17. The Labute approximate surface area is 190 Å². The van der Waals surface area contributed by atoms with Gasteiger partial charge in [-0.05, 0) is 61.8 Å². The van der Waals surface area contributed by atoms with E-state index in [0.717, 1.165) is 37.2 Å². The van der Waals surface area contributed by atoms with E-state index in [4.69, 9.17) is 11.6 Å². The van der Waals surface area contributed by atoms with Crippen LogP contribution >= 0.6 is 11.6 Å². The first-order chi connectivity index (χ1) is 15.5. The van der Waals surface area contributed by atoms with Crippen LogP contribution in [0.3, 0.4) is 0 Å². The Kier molecular flexibility index (Phi) is 5.55. The highest BCUT2D eigenvalue weighted by Crippen LogP contribution is 2.51. The second-order valence-electron chi connectivity index (χ2n) is 8.77. The molecule has 7 nitrogen and oxygen atoms in total. The van der Waals surface area contributed by atoms with Crippen LogP contribution < -0.4 is 10.6 Å². The quantitative estimate of drug-likeness (QED) is 0.586. The molecule has 0 radical (unpaired) electrons. The fourth-order valence-corrected chi connectivity index (χ4v) is 5.51. The summed E-state index contributed by atoms with van der Waals surface area (Å²) in [6.45, 7) is 0. The summed E-state index contributed by atoms with van der Waals surface area (Å²) >= 11 is 5.85. The predicted molar refractivity (Wildman–Crippen MR) is 120 cm³/mol. The first kappa shape index (κ1) is 20.9. The number of nitrogens with zero attached hydrogens (tertiary/aromatic N) is 4. The van der Waals surface area contributed by atoms with E-state index < -0.39 is 5.82 Å². The monoisotopic (exact) mass is 454 g/mol. The Morgan fingerprint density at radius 1 is 1.16 bits per heavy atom. The number of rotatable bonds is 5. The maximum Gasteiger partial charge on any atom is 0.274 e. The van der Waals surface area contributed by atoms with E-state index in [1.807, 2.05) is 13.1 Å². The summed E-state index contributed by atoms with van der Waals surface area (Å²) in [7, 11) is 1.82. The number of benzene rings is 1. The molecule has 0 bridgehead atoms. The number of fused-ring (bicyclic) bond motifs is 1. The van der Waals surface area contributed by atoms with Crippen LogP contribution in [0.1, 0.15) is 47.8 Å². The van der Waals surface area contributed by atoms with Crippen molar-refractivity contribution < 1.29 is 9.18 Å². The van der Waals surface area contributed by atoms with E-state index in [-0.39, 0.29) is 16.8 Å². The topological polar surface area (TPSA) is 84.7 Å². The summed E-state index contributed by atoms with van der Waals surface area (Å²) in [5, 5.41) is 6.32. The molecule has 5 rings (SSSR count). The van der Waals surface area contributed by atoms with Crippen molar-refractivity contribution in [3.05, 3.63) is 65.3 Å². The summed E-state index contributed by atoms with van der Waals surface area (Å²) in [6.07, 6.45) is 9.21. The van der Waals surface area contributed by atoms with Crippen LogP contribution in [0.2, 0.25) is 5.02 Å². The van der Waals surface area contributed by atoms with Crippen molar-refractivity contribution >= 4 is 29.0 Å². The lowest BCUT2D eigenvalue weighted by Crippen LogP contribution is -2.20. The van der Waals surface area contributed by atoms with Gasteiger partial charge in [0.25, 0.3) is 5.91 Å². The van der Waals surface area contributed by atoms with Crippen LogP contribution in [0, 0.1) is 17.7 Å². The number of hydrogen-bond donors (Lipinski definition) is 2. The Bertz CT molecular complexity index is 1120. The maximum atomic E-state index is 13.4. The lowest BCUT2D eigenvalue weighted by atomic mass is 9.97. The molecule has 2 N–H and O–H groups in total. The molecule has 2 atom stereocenters. The third-order valence-electron chi connectivity index (χ3n) is 6.69. The summed E-state index contributed by atoms with van der Waals surface area (Å²) in [5.74, 6) is 1.55. The summed E-state index contributed by atoms with van der Waals surface area (Å²) in [5.41, 5.74) is 1.84. The molecule has 3 aromatic rings. The molecule has 1 amide bonds. The van der Waals surface area contributed by atoms with Gasteiger partial charge in [-0.2, -0.15) is 0 Å². The van der Waals surface area contributed by atoms with Crippen molar-refractivity contribution in [3.8, 4) is 0 Å². The van der Waals surface area contributed by atoms with Gasteiger partial charge in [0.2, 0.25) is 0 Å². The number of aryl methyl sites for hydroxylation is 1. The molecule has 2 aromatic heterocycles. The highest BCUT2D eigenvalue weighted by molar-refractivity contribution is 6.31. The van der Waals surface area contributed by atoms with Gasteiger partial charge < -0.3 is 15.2 Å². The maximum absolute atomic E-state index is 13.4. The van der Waals surface area contributed by atoms with E-state index in [1.54, 1.807) is 23.4 Å². The second kappa shape index (κ2) is 8.50. The molecule has 2 saturated carbocycles. The smallest absolute Gasteiger partial charge is 0.274 e. The molecule has 166 valence electrons. The minimum absolute atomic E-state index is 0.0261. The van der Waals surface area contributed by atoms with E-state index in [1.165, 1.54) is 18.2 Å². The zero-order valence-electron chi connectivity index (χ0n) is 17.6. The molecule has 32 heavy (non-hydrogen) atoms. The van der Waals surface area contributed by atoms with Crippen LogP contribution in [0.4, 0.5) is 15.9 Å². The third kappa shape index (κ3) is 4.07. The van der Waals surface area contributed by atoms with Crippen LogP contribution in [-0.4, -0.2) is 31.5 Å². The molecule has 2 aliphatic carbocycles. The number of hydrogen-bond acceptors (Lipinski definition) is 5. The normalized spacial score (nSPS) is 24.3. The fraction of sp³-hybridized carbons (Fsp3) is 0.391. The summed E-state index contributed by atoms with van der Waals surface area (Å²) in [4.78, 5) is 25.9. The van der Waals surface area contributed by atoms with Crippen molar-refractivity contribution in [1.29, 1.82) is 0 Å². The Hall–Kier alpha value is -3.00. The van der Waals surface area contributed by atoms with Gasteiger partial charge in [0, 0.05) is 30.9 Å². The highest BCUT2D eigenvalue weighted by Gasteiger charge is 2.43. The molecule has 0 aliphatic heterocycles. The van der Waals surface area contributed by atoms with Gasteiger partial charge in [0.1, 0.15) is 23.7 Å². The number of anilines is 2. The van der Waals surface area contributed by atoms with Crippen LogP contribution in [0.15, 0.2) is 43.1 Å². The third-order valence-corrected chi connectivity index (χ3v) is 6.98. The number of aromatic nitrogens is 4. The van der Waals surface area contributed by atoms with Crippen molar-refractivity contribution in [1.82, 2.24) is 19.5 Å². The Morgan fingerprint density at radius 2 is 1.94 bits per heavy atom. The molecule has 2 aliphatic rings. The number of carbonyl (C=O) groups excluding carboxylic acids is 1. The molecular formula is C23H24ClFN6O. The minimum atomic E-state index is -0.518. The van der Waals surface area contributed by atoms with Crippen molar-refractivity contribution in [3.63, 3.8) is 0 Å². The number of halogens is 2. The molecule has 2 fully saturated rings. The zero-order chi connectivity index (χ0) is 22.2. The largest absolute Gasteiger partial charge is 0.367 e. The number of carbonyl (C=O) groups is 1. The van der Waals surface area contributed by atoms with Gasteiger partial charge in [0.15, 0.2) is 0 Å². The van der Waals surface area contributed by atoms with Gasteiger partial charge in [-0.1, -0.05) is 11.6 Å². The van der Waals surface area contributed by atoms with Gasteiger partial charge >= 0.3 is 0 Å². The van der Waals surface area contributed by atoms with Crippen molar-refractivity contribution in [2.45, 2.75) is 37.6 Å². The van der Waals surface area contributed by atoms with Gasteiger partial charge in [0.05, 0.1) is 17.0 Å². The van der Waals surface area contributed by atoms with Crippen LogP contribution in [0.25, 0.3) is 0 Å².